The Morgan fingerprint density at radius 3 is 2.54 bits per heavy atom. The fourth-order valence-corrected chi connectivity index (χ4v) is 2.84. The molecule has 1 aliphatic rings. The standard InChI is InChI=1S/C17H23Cl2N3O4/c1-17(2,3)26-16(25)21-6-7-22(12(9-21)10-23)15(24)20-11-4-5-13(18)14(19)8-11/h4-5,8,12,23H,6-7,9-10H2,1-3H3,(H,20,24). The minimum absolute atomic E-state index is 0.195. The Balaban J connectivity index is 2.01. The quantitative estimate of drug-likeness (QED) is 0.791. The second-order valence-corrected chi connectivity index (χ2v) is 7.83. The normalized spacial score (nSPS) is 17.8. The van der Waals surface area contributed by atoms with Crippen LogP contribution in [0.2, 0.25) is 10.0 Å². The summed E-state index contributed by atoms with van der Waals surface area (Å²) in [6.45, 7) is 5.88. The molecule has 1 aromatic rings. The van der Waals surface area contributed by atoms with Gasteiger partial charge in [-0.15, -0.1) is 0 Å². The number of halogens is 2. The second kappa shape index (κ2) is 8.33. The predicted octanol–water partition coefficient (Wildman–Crippen LogP) is 3.44. The largest absolute Gasteiger partial charge is 0.444 e. The lowest BCUT2D eigenvalue weighted by atomic mass is 10.2. The number of aliphatic hydroxyl groups is 1. The summed E-state index contributed by atoms with van der Waals surface area (Å²) in [6.07, 6.45) is -0.458. The number of nitrogens with one attached hydrogen (secondary N) is 1. The van der Waals surface area contributed by atoms with Gasteiger partial charge in [0.1, 0.15) is 5.60 Å². The van der Waals surface area contributed by atoms with Crippen molar-refractivity contribution in [3.63, 3.8) is 0 Å². The van der Waals surface area contributed by atoms with Crippen LogP contribution in [0.5, 0.6) is 0 Å². The van der Waals surface area contributed by atoms with E-state index in [2.05, 4.69) is 5.32 Å². The molecule has 1 atom stereocenters. The highest BCUT2D eigenvalue weighted by molar-refractivity contribution is 6.42. The summed E-state index contributed by atoms with van der Waals surface area (Å²) in [5, 5.41) is 13.1. The number of piperazine rings is 1. The summed E-state index contributed by atoms with van der Waals surface area (Å²) in [7, 11) is 0. The van der Waals surface area contributed by atoms with Crippen molar-refractivity contribution >= 4 is 41.0 Å². The molecule has 144 valence electrons. The lowest BCUT2D eigenvalue weighted by molar-refractivity contribution is 0.00416. The molecule has 1 fully saturated rings. The minimum atomic E-state index is -0.603. The summed E-state index contributed by atoms with van der Waals surface area (Å²) in [6, 6.07) is 3.86. The van der Waals surface area contributed by atoms with Crippen molar-refractivity contribution < 1.29 is 19.4 Å². The minimum Gasteiger partial charge on any atom is -0.444 e. The summed E-state index contributed by atoms with van der Waals surface area (Å²) in [5.74, 6) is 0. The van der Waals surface area contributed by atoms with Gasteiger partial charge in [0.2, 0.25) is 0 Å². The predicted molar refractivity (Wildman–Crippen MR) is 101 cm³/mol. The van der Waals surface area contributed by atoms with E-state index in [1.165, 1.54) is 9.80 Å². The molecule has 2 rings (SSSR count). The first kappa shape index (κ1) is 20.6. The van der Waals surface area contributed by atoms with Crippen LogP contribution in [0.25, 0.3) is 0 Å². The molecular formula is C17H23Cl2N3O4. The number of urea groups is 1. The zero-order valence-electron chi connectivity index (χ0n) is 15.0. The van der Waals surface area contributed by atoms with Crippen molar-refractivity contribution in [2.45, 2.75) is 32.4 Å². The number of nitrogens with zero attached hydrogens (tertiary/aromatic N) is 2. The van der Waals surface area contributed by atoms with Gasteiger partial charge in [-0.1, -0.05) is 23.2 Å². The van der Waals surface area contributed by atoms with E-state index in [0.717, 1.165) is 0 Å². The molecule has 0 saturated carbocycles. The van der Waals surface area contributed by atoms with Crippen molar-refractivity contribution in [3.05, 3.63) is 28.2 Å². The van der Waals surface area contributed by atoms with Crippen LogP contribution in [0.4, 0.5) is 15.3 Å². The Bertz CT molecular complexity index is 678. The average Bonchev–Trinajstić information content (AvgIpc) is 2.56. The molecule has 3 amide bonds. The summed E-state index contributed by atoms with van der Waals surface area (Å²) >= 11 is 11.8. The Morgan fingerprint density at radius 2 is 1.96 bits per heavy atom. The van der Waals surface area contributed by atoms with Crippen molar-refractivity contribution in [2.75, 3.05) is 31.6 Å². The molecule has 1 unspecified atom stereocenters. The van der Waals surface area contributed by atoms with E-state index in [9.17, 15) is 14.7 Å². The zero-order chi connectivity index (χ0) is 19.5. The third-order valence-corrected chi connectivity index (χ3v) is 4.52. The number of anilines is 1. The van der Waals surface area contributed by atoms with Gasteiger partial charge < -0.3 is 25.0 Å². The van der Waals surface area contributed by atoms with Gasteiger partial charge in [-0.2, -0.15) is 0 Å². The maximum atomic E-state index is 12.5. The third kappa shape index (κ3) is 5.40. The van der Waals surface area contributed by atoms with Crippen molar-refractivity contribution in [1.29, 1.82) is 0 Å². The number of aliphatic hydroxyl groups excluding tert-OH is 1. The van der Waals surface area contributed by atoms with Crippen LogP contribution >= 0.6 is 23.2 Å². The average molecular weight is 404 g/mol. The number of rotatable bonds is 2. The molecule has 1 heterocycles. The highest BCUT2D eigenvalue weighted by Gasteiger charge is 2.34. The molecule has 1 saturated heterocycles. The van der Waals surface area contributed by atoms with E-state index in [4.69, 9.17) is 27.9 Å². The molecule has 1 aliphatic heterocycles. The molecule has 7 nitrogen and oxygen atoms in total. The lowest BCUT2D eigenvalue weighted by Crippen LogP contribution is -2.59. The monoisotopic (exact) mass is 403 g/mol. The van der Waals surface area contributed by atoms with E-state index in [-0.39, 0.29) is 25.7 Å². The Labute approximate surface area is 162 Å². The van der Waals surface area contributed by atoms with Crippen LogP contribution in [0.1, 0.15) is 20.8 Å². The second-order valence-electron chi connectivity index (χ2n) is 7.02. The van der Waals surface area contributed by atoms with Crippen LogP contribution in [-0.4, -0.2) is 64.9 Å². The van der Waals surface area contributed by atoms with Gasteiger partial charge in [0.25, 0.3) is 0 Å². The third-order valence-electron chi connectivity index (χ3n) is 3.78. The van der Waals surface area contributed by atoms with Crippen molar-refractivity contribution in [2.24, 2.45) is 0 Å². The van der Waals surface area contributed by atoms with E-state index in [0.29, 0.717) is 22.3 Å². The molecule has 1 aromatic carbocycles. The molecule has 0 radical (unpaired) electrons. The Morgan fingerprint density at radius 1 is 1.27 bits per heavy atom. The first-order valence-electron chi connectivity index (χ1n) is 8.22. The number of hydrogen-bond donors (Lipinski definition) is 2. The smallest absolute Gasteiger partial charge is 0.410 e. The van der Waals surface area contributed by atoms with E-state index < -0.39 is 17.7 Å². The number of carbonyl (C=O) groups is 2. The molecule has 0 aromatic heterocycles. The van der Waals surface area contributed by atoms with Crippen molar-refractivity contribution in [1.82, 2.24) is 9.80 Å². The molecule has 2 N–H and O–H groups in total. The molecule has 9 heteroatoms. The number of amides is 3. The Kier molecular flexibility index (Phi) is 6.60. The van der Waals surface area contributed by atoms with Crippen molar-refractivity contribution in [3.8, 4) is 0 Å². The van der Waals surface area contributed by atoms with Crippen LogP contribution in [0, 0.1) is 0 Å². The van der Waals surface area contributed by atoms with E-state index in [1.807, 2.05) is 0 Å². The molecule has 0 aliphatic carbocycles. The first-order valence-corrected chi connectivity index (χ1v) is 8.98. The van der Waals surface area contributed by atoms with Crippen LogP contribution in [-0.2, 0) is 4.74 Å². The SMILES string of the molecule is CC(C)(C)OC(=O)N1CCN(C(=O)Nc2ccc(Cl)c(Cl)c2)C(CO)C1. The molecule has 0 bridgehead atoms. The van der Waals surface area contributed by atoms with E-state index in [1.54, 1.807) is 39.0 Å². The number of hydrogen-bond acceptors (Lipinski definition) is 4. The highest BCUT2D eigenvalue weighted by Crippen LogP contribution is 2.25. The number of carbonyl (C=O) groups excluding carboxylic acids is 2. The molecular weight excluding hydrogens is 381 g/mol. The number of ether oxygens (including phenoxy) is 1. The zero-order valence-corrected chi connectivity index (χ0v) is 16.5. The lowest BCUT2D eigenvalue weighted by Gasteiger charge is -2.40. The molecule has 26 heavy (non-hydrogen) atoms. The van der Waals surface area contributed by atoms with Crippen LogP contribution in [0.15, 0.2) is 18.2 Å². The van der Waals surface area contributed by atoms with Gasteiger partial charge in [-0.25, -0.2) is 9.59 Å². The van der Waals surface area contributed by atoms with Gasteiger partial charge in [0.15, 0.2) is 0 Å². The number of benzene rings is 1. The van der Waals surface area contributed by atoms with Gasteiger partial charge >= 0.3 is 12.1 Å². The van der Waals surface area contributed by atoms with Gasteiger partial charge in [-0.05, 0) is 39.0 Å². The van der Waals surface area contributed by atoms with Crippen LogP contribution < -0.4 is 5.32 Å². The highest BCUT2D eigenvalue weighted by atomic mass is 35.5. The summed E-state index contributed by atoms with van der Waals surface area (Å²) in [5.41, 5.74) is -0.107. The maximum absolute atomic E-state index is 12.5. The van der Waals surface area contributed by atoms with Crippen LogP contribution in [0.3, 0.4) is 0 Å². The molecule has 0 spiro atoms. The summed E-state index contributed by atoms with van der Waals surface area (Å²) < 4.78 is 5.34. The van der Waals surface area contributed by atoms with E-state index >= 15 is 0 Å². The van der Waals surface area contributed by atoms with Gasteiger partial charge in [-0.3, -0.25) is 0 Å². The van der Waals surface area contributed by atoms with Gasteiger partial charge in [0, 0.05) is 25.3 Å². The fourth-order valence-electron chi connectivity index (χ4n) is 2.54. The topological polar surface area (TPSA) is 82.1 Å². The maximum Gasteiger partial charge on any atom is 0.410 e. The Hall–Kier alpha value is -1.70. The fraction of sp³-hybridized carbons (Fsp3) is 0.529. The summed E-state index contributed by atoms with van der Waals surface area (Å²) in [4.78, 5) is 27.7. The van der Waals surface area contributed by atoms with Gasteiger partial charge in [0.05, 0.1) is 22.7 Å². The first-order chi connectivity index (χ1) is 12.1.